The molecule has 0 saturated carbocycles. The molecule has 0 saturated heterocycles. The first kappa shape index (κ1) is 21.2. The predicted octanol–water partition coefficient (Wildman–Crippen LogP) is 2.88. The maximum absolute atomic E-state index is 13.7. The highest BCUT2D eigenvalue weighted by atomic mass is 19.1. The SMILES string of the molecule is CCN(CC)CCNC(=O)c1c(C)[nH]c(C[C@H]2C(=O)N=C3C=CC(F)=C[C@H]32)c1C. The van der Waals surface area contributed by atoms with Gasteiger partial charge >= 0.3 is 0 Å². The van der Waals surface area contributed by atoms with E-state index in [4.69, 9.17) is 0 Å². The second-order valence-corrected chi connectivity index (χ2v) is 7.61. The lowest BCUT2D eigenvalue weighted by Crippen LogP contribution is -2.35. The van der Waals surface area contributed by atoms with Crippen LogP contribution in [0.3, 0.4) is 0 Å². The molecule has 0 unspecified atom stereocenters. The van der Waals surface area contributed by atoms with E-state index in [1.54, 1.807) is 6.08 Å². The Morgan fingerprint density at radius 3 is 2.69 bits per heavy atom. The summed E-state index contributed by atoms with van der Waals surface area (Å²) < 4.78 is 13.7. The van der Waals surface area contributed by atoms with Crippen molar-refractivity contribution in [3.05, 3.63) is 46.6 Å². The summed E-state index contributed by atoms with van der Waals surface area (Å²) >= 11 is 0. The number of H-pyrrole nitrogens is 1. The van der Waals surface area contributed by atoms with Crippen LogP contribution >= 0.6 is 0 Å². The van der Waals surface area contributed by atoms with Crippen LogP contribution in [0, 0.1) is 25.7 Å². The van der Waals surface area contributed by atoms with Crippen LogP contribution in [0.5, 0.6) is 0 Å². The number of nitrogens with one attached hydrogen (secondary N) is 2. The van der Waals surface area contributed by atoms with Crippen LogP contribution in [0.25, 0.3) is 0 Å². The first-order chi connectivity index (χ1) is 13.8. The Morgan fingerprint density at radius 2 is 2.00 bits per heavy atom. The number of carbonyl (C=O) groups excluding carboxylic acids is 2. The van der Waals surface area contributed by atoms with Crippen LogP contribution in [0.15, 0.2) is 29.0 Å². The summed E-state index contributed by atoms with van der Waals surface area (Å²) in [4.78, 5) is 34.7. The molecule has 2 N–H and O–H groups in total. The van der Waals surface area contributed by atoms with E-state index in [1.165, 1.54) is 12.2 Å². The van der Waals surface area contributed by atoms with Crippen molar-refractivity contribution in [2.45, 2.75) is 34.1 Å². The molecule has 1 aromatic rings. The fraction of sp³-hybridized carbons (Fsp3) is 0.500. The third-order valence-corrected chi connectivity index (χ3v) is 5.88. The molecule has 0 fully saturated rings. The number of likely N-dealkylation sites (N-methyl/N-ethyl adjacent to an activating group) is 1. The molecule has 2 heterocycles. The van der Waals surface area contributed by atoms with Gasteiger partial charge in [0.1, 0.15) is 5.83 Å². The first-order valence-electron chi connectivity index (χ1n) is 10.2. The third-order valence-electron chi connectivity index (χ3n) is 5.88. The fourth-order valence-corrected chi connectivity index (χ4v) is 4.14. The number of nitrogens with zero attached hydrogens (tertiary/aromatic N) is 2. The van der Waals surface area contributed by atoms with E-state index < -0.39 is 5.92 Å². The number of aliphatic imine (C=N–C) groups is 1. The number of carbonyl (C=O) groups is 2. The molecule has 2 atom stereocenters. The minimum Gasteiger partial charge on any atom is -0.362 e. The van der Waals surface area contributed by atoms with E-state index in [9.17, 15) is 14.0 Å². The number of allylic oxidation sites excluding steroid dienone is 4. The van der Waals surface area contributed by atoms with Crippen LogP contribution in [-0.2, 0) is 11.2 Å². The van der Waals surface area contributed by atoms with Gasteiger partial charge in [-0.1, -0.05) is 13.8 Å². The van der Waals surface area contributed by atoms with Crippen LogP contribution in [-0.4, -0.2) is 53.6 Å². The summed E-state index contributed by atoms with van der Waals surface area (Å²) in [5.41, 5.74) is 3.66. The van der Waals surface area contributed by atoms with Gasteiger partial charge < -0.3 is 15.2 Å². The Labute approximate surface area is 171 Å². The molecule has 2 aliphatic rings. The highest BCUT2D eigenvalue weighted by Crippen LogP contribution is 2.33. The van der Waals surface area contributed by atoms with Crippen molar-refractivity contribution < 1.29 is 14.0 Å². The number of fused-ring (bicyclic) bond motifs is 1. The highest BCUT2D eigenvalue weighted by Gasteiger charge is 2.38. The van der Waals surface area contributed by atoms with Crippen molar-refractivity contribution >= 4 is 17.5 Å². The average Bonchev–Trinajstić information content (AvgIpc) is 3.14. The first-order valence-corrected chi connectivity index (χ1v) is 10.2. The topological polar surface area (TPSA) is 77.6 Å². The number of halogens is 1. The van der Waals surface area contributed by atoms with Crippen molar-refractivity contribution in [1.29, 1.82) is 0 Å². The van der Waals surface area contributed by atoms with Crippen LogP contribution in [0.4, 0.5) is 4.39 Å². The Hall–Kier alpha value is -2.54. The van der Waals surface area contributed by atoms with Crippen LogP contribution in [0.1, 0.15) is 41.2 Å². The summed E-state index contributed by atoms with van der Waals surface area (Å²) in [5, 5.41) is 2.99. The molecular formula is C22H29FN4O2. The average molecular weight is 400 g/mol. The van der Waals surface area contributed by atoms with Crippen LogP contribution < -0.4 is 5.32 Å². The summed E-state index contributed by atoms with van der Waals surface area (Å²) in [6, 6.07) is 0. The van der Waals surface area contributed by atoms with Crippen molar-refractivity contribution in [2.75, 3.05) is 26.2 Å². The Kier molecular flexibility index (Phi) is 6.47. The summed E-state index contributed by atoms with van der Waals surface area (Å²) in [6.07, 6.45) is 4.75. The van der Waals surface area contributed by atoms with Gasteiger partial charge in [0.25, 0.3) is 5.91 Å². The van der Waals surface area contributed by atoms with Crippen LogP contribution in [0.2, 0.25) is 0 Å². The lowest BCUT2D eigenvalue weighted by molar-refractivity contribution is -0.121. The molecule has 0 radical (unpaired) electrons. The largest absolute Gasteiger partial charge is 0.362 e. The van der Waals surface area contributed by atoms with Gasteiger partial charge in [-0.25, -0.2) is 9.38 Å². The highest BCUT2D eigenvalue weighted by molar-refractivity contribution is 6.12. The van der Waals surface area contributed by atoms with E-state index in [-0.39, 0.29) is 23.6 Å². The normalized spacial score (nSPS) is 20.7. The zero-order valence-corrected chi connectivity index (χ0v) is 17.5. The smallest absolute Gasteiger partial charge is 0.253 e. The summed E-state index contributed by atoms with van der Waals surface area (Å²) in [7, 11) is 0. The van der Waals surface area contributed by atoms with Gasteiger partial charge in [0.15, 0.2) is 0 Å². The van der Waals surface area contributed by atoms with Crippen molar-refractivity contribution in [1.82, 2.24) is 15.2 Å². The number of rotatable bonds is 8. The third kappa shape index (κ3) is 4.40. The predicted molar refractivity (Wildman–Crippen MR) is 112 cm³/mol. The van der Waals surface area contributed by atoms with Gasteiger partial charge in [-0.05, 0) is 50.7 Å². The molecule has 1 aliphatic carbocycles. The number of amides is 2. The molecular weight excluding hydrogens is 371 g/mol. The van der Waals surface area contributed by atoms with E-state index in [0.29, 0.717) is 24.2 Å². The van der Waals surface area contributed by atoms with Gasteiger partial charge in [-0.2, -0.15) is 0 Å². The number of aromatic nitrogens is 1. The van der Waals surface area contributed by atoms with Gasteiger partial charge in [0.05, 0.1) is 17.2 Å². The van der Waals surface area contributed by atoms with Crippen molar-refractivity contribution in [3.63, 3.8) is 0 Å². The molecule has 3 rings (SSSR count). The molecule has 0 aromatic carbocycles. The van der Waals surface area contributed by atoms with Crippen molar-refractivity contribution in [3.8, 4) is 0 Å². The Balaban J connectivity index is 1.70. The maximum atomic E-state index is 13.7. The van der Waals surface area contributed by atoms with E-state index in [0.717, 1.165) is 36.6 Å². The molecule has 0 bridgehead atoms. The monoisotopic (exact) mass is 400 g/mol. The van der Waals surface area contributed by atoms with Gasteiger partial charge in [0, 0.05) is 36.8 Å². The molecule has 6 nitrogen and oxygen atoms in total. The minimum atomic E-state index is -0.448. The maximum Gasteiger partial charge on any atom is 0.253 e. The quantitative estimate of drug-likeness (QED) is 0.704. The number of hydrogen-bond donors (Lipinski definition) is 2. The fourth-order valence-electron chi connectivity index (χ4n) is 4.14. The minimum absolute atomic E-state index is 0.115. The molecule has 1 aliphatic heterocycles. The lowest BCUT2D eigenvalue weighted by atomic mass is 9.84. The zero-order valence-electron chi connectivity index (χ0n) is 17.5. The molecule has 29 heavy (non-hydrogen) atoms. The Morgan fingerprint density at radius 1 is 1.28 bits per heavy atom. The second-order valence-electron chi connectivity index (χ2n) is 7.61. The number of aromatic amines is 1. The van der Waals surface area contributed by atoms with Crippen molar-refractivity contribution in [2.24, 2.45) is 16.8 Å². The lowest BCUT2D eigenvalue weighted by Gasteiger charge is -2.18. The number of hydrogen-bond acceptors (Lipinski definition) is 3. The van der Waals surface area contributed by atoms with Gasteiger partial charge in [-0.15, -0.1) is 0 Å². The molecule has 2 amide bonds. The molecule has 0 spiro atoms. The second kappa shape index (κ2) is 8.86. The molecule has 1 aromatic heterocycles. The van der Waals surface area contributed by atoms with Gasteiger partial charge in [0.2, 0.25) is 5.91 Å². The van der Waals surface area contributed by atoms with E-state index >= 15 is 0 Å². The summed E-state index contributed by atoms with van der Waals surface area (Å²) in [6.45, 7) is 11.2. The van der Waals surface area contributed by atoms with Gasteiger partial charge in [-0.3, -0.25) is 9.59 Å². The molecule has 7 heteroatoms. The molecule has 156 valence electrons. The summed E-state index contributed by atoms with van der Waals surface area (Å²) in [5.74, 6) is -1.49. The number of aryl methyl sites for hydroxylation is 1. The zero-order chi connectivity index (χ0) is 21.1. The van der Waals surface area contributed by atoms with E-state index in [2.05, 4.69) is 34.0 Å². The van der Waals surface area contributed by atoms with E-state index in [1.807, 2.05) is 13.8 Å². The standard InChI is InChI=1S/C22H29FN4O2/c1-5-27(6-2)10-9-24-22(29)20-13(3)19(25-14(20)4)12-17-16-11-15(23)7-8-18(16)26-21(17)28/h7-8,11,16-17,25H,5-6,9-10,12H2,1-4H3,(H,24,29)/t16-,17+/m0/s1. The Bertz CT molecular complexity index is 893.